The Bertz CT molecular complexity index is 1060. The predicted octanol–water partition coefficient (Wildman–Crippen LogP) is 1.55. The minimum absolute atomic E-state index is 0.133. The van der Waals surface area contributed by atoms with Gasteiger partial charge in [-0.05, 0) is 50.3 Å². The number of pyridine rings is 1. The number of carbonyl (C=O) groups is 1. The minimum atomic E-state index is -0.564. The quantitative estimate of drug-likeness (QED) is 0.720. The lowest BCUT2D eigenvalue weighted by atomic mass is 10.1. The van der Waals surface area contributed by atoms with Crippen LogP contribution in [0.3, 0.4) is 0 Å². The lowest BCUT2D eigenvalue weighted by Gasteiger charge is -2.42. The van der Waals surface area contributed by atoms with Crippen LogP contribution in [0.4, 0.5) is 17.5 Å². The molecule has 0 spiro atoms. The first kappa shape index (κ1) is 18.7. The van der Waals surface area contributed by atoms with Crippen LogP contribution in [0.25, 0.3) is 0 Å². The van der Waals surface area contributed by atoms with Crippen molar-refractivity contribution in [1.82, 2.24) is 19.9 Å². The van der Waals surface area contributed by atoms with Crippen molar-refractivity contribution >= 4 is 29.3 Å². The summed E-state index contributed by atoms with van der Waals surface area (Å²) in [6.07, 6.45) is 7.73. The fourth-order valence-corrected chi connectivity index (χ4v) is 4.71. The predicted molar refractivity (Wildman–Crippen MR) is 111 cm³/mol. The van der Waals surface area contributed by atoms with Crippen molar-refractivity contribution in [2.24, 2.45) is 5.73 Å². The number of rotatable bonds is 5. The molecule has 0 radical (unpaired) electrons. The smallest absolute Gasteiger partial charge is 0.267 e. The average molecular weight is 405 g/mol. The van der Waals surface area contributed by atoms with E-state index in [4.69, 9.17) is 5.73 Å². The van der Waals surface area contributed by atoms with Crippen LogP contribution >= 0.6 is 0 Å². The van der Waals surface area contributed by atoms with Gasteiger partial charge in [0, 0.05) is 24.8 Å². The number of hydrogen-bond donors (Lipinski definition) is 2. The van der Waals surface area contributed by atoms with Gasteiger partial charge in [-0.2, -0.15) is 4.98 Å². The average Bonchev–Trinajstić information content (AvgIpc) is 3.52. The number of carbonyl (C=O) groups excluding carboxylic acids is 2. The fourth-order valence-electron chi connectivity index (χ4n) is 4.71. The number of hydrogen-bond acceptors (Lipinski definition) is 8. The van der Waals surface area contributed by atoms with Crippen LogP contribution in [0, 0.1) is 6.92 Å². The first-order valence-corrected chi connectivity index (χ1v) is 10.2. The van der Waals surface area contributed by atoms with Crippen LogP contribution in [0.15, 0.2) is 30.2 Å². The number of aryl methyl sites for hydroxylation is 1. The van der Waals surface area contributed by atoms with Gasteiger partial charge >= 0.3 is 0 Å². The van der Waals surface area contributed by atoms with Gasteiger partial charge in [-0.25, -0.2) is 14.8 Å². The summed E-state index contributed by atoms with van der Waals surface area (Å²) < 4.78 is 0. The Balaban J connectivity index is 1.39. The normalized spacial score (nSPS) is 23.4. The van der Waals surface area contributed by atoms with Gasteiger partial charge in [0.15, 0.2) is 0 Å². The third-order valence-corrected chi connectivity index (χ3v) is 6.11. The second-order valence-electron chi connectivity index (χ2n) is 8.14. The van der Waals surface area contributed by atoms with E-state index in [2.05, 4.69) is 31.1 Å². The van der Waals surface area contributed by atoms with Crippen molar-refractivity contribution in [3.63, 3.8) is 0 Å². The molecular weight excluding hydrogens is 382 g/mol. The van der Waals surface area contributed by atoms with Gasteiger partial charge in [0.2, 0.25) is 5.95 Å². The Hall–Kier alpha value is -3.29. The summed E-state index contributed by atoms with van der Waals surface area (Å²) in [5.74, 6) is 2.71. The van der Waals surface area contributed by atoms with Crippen LogP contribution < -0.4 is 16.0 Å². The van der Waals surface area contributed by atoms with Crippen LogP contribution in [0.1, 0.15) is 41.7 Å². The summed E-state index contributed by atoms with van der Waals surface area (Å²) in [4.78, 5) is 40.8. The maximum absolute atomic E-state index is 11.9. The Morgan fingerprint density at radius 1 is 1.23 bits per heavy atom. The van der Waals surface area contributed by atoms with E-state index >= 15 is 0 Å². The number of nitrogens with zero attached hydrogens (tertiary/aromatic N) is 5. The number of amides is 1. The van der Waals surface area contributed by atoms with Gasteiger partial charge in [-0.1, -0.05) is 0 Å². The molecule has 1 aliphatic carbocycles. The number of fused-ring (bicyclic) bond motifs is 2. The van der Waals surface area contributed by atoms with E-state index in [-0.39, 0.29) is 11.7 Å². The third kappa shape index (κ3) is 3.22. The summed E-state index contributed by atoms with van der Waals surface area (Å²) in [5.41, 5.74) is 7.54. The van der Waals surface area contributed by atoms with Gasteiger partial charge in [-0.3, -0.25) is 9.69 Å². The molecule has 4 heterocycles. The van der Waals surface area contributed by atoms with Crippen molar-refractivity contribution in [2.45, 2.75) is 50.7 Å². The van der Waals surface area contributed by atoms with E-state index in [1.807, 2.05) is 11.0 Å². The highest BCUT2D eigenvalue weighted by Gasteiger charge is 2.49. The summed E-state index contributed by atoms with van der Waals surface area (Å²) in [6.45, 7) is 2.51. The standard InChI is InChI=1S/C21H23N7O2/c1-12-8-13(9-24-19(12)20(22)30)25-21-23-7-6-18(26-21)27-10-15-4-5-16(17(27)11-29)28(15)14-2-3-14/h6-9,14-16H,2-5,10H2,1H3,(H2,22,30)(H,23,25,26)/t15-,16+/m0/s1. The van der Waals surface area contributed by atoms with Gasteiger partial charge in [-0.15, -0.1) is 0 Å². The number of piperazine rings is 1. The topological polar surface area (TPSA) is 117 Å². The largest absolute Gasteiger partial charge is 0.364 e. The molecule has 5 rings (SSSR count). The first-order chi connectivity index (χ1) is 14.5. The number of nitrogens with one attached hydrogen (secondary N) is 1. The molecule has 1 amide bonds. The highest BCUT2D eigenvalue weighted by atomic mass is 16.1. The van der Waals surface area contributed by atoms with Gasteiger partial charge in [0.25, 0.3) is 5.91 Å². The molecule has 3 N–H and O–H groups in total. The molecule has 2 aliphatic heterocycles. The van der Waals surface area contributed by atoms with Crippen LogP contribution in [-0.4, -0.2) is 56.4 Å². The maximum atomic E-state index is 11.9. The van der Waals surface area contributed by atoms with Crippen molar-refractivity contribution in [3.8, 4) is 0 Å². The molecule has 2 atom stereocenters. The molecule has 9 heteroatoms. The number of primary amides is 1. The van der Waals surface area contributed by atoms with Gasteiger partial charge in [0.1, 0.15) is 23.2 Å². The van der Waals surface area contributed by atoms with E-state index in [0.717, 1.165) is 19.4 Å². The highest BCUT2D eigenvalue weighted by Crippen LogP contribution is 2.44. The molecule has 0 unspecified atom stereocenters. The Morgan fingerprint density at radius 3 is 2.73 bits per heavy atom. The molecule has 2 saturated heterocycles. The minimum Gasteiger partial charge on any atom is -0.364 e. The molecular formula is C21H23N7O2. The number of nitrogens with two attached hydrogens (primary N) is 1. The van der Waals surface area contributed by atoms with E-state index in [1.165, 1.54) is 19.0 Å². The molecule has 9 nitrogen and oxygen atoms in total. The van der Waals surface area contributed by atoms with Crippen LogP contribution in [0.2, 0.25) is 0 Å². The van der Waals surface area contributed by atoms with Crippen LogP contribution in [0.5, 0.6) is 0 Å². The maximum Gasteiger partial charge on any atom is 0.267 e. The molecule has 2 bridgehead atoms. The molecule has 154 valence electrons. The van der Waals surface area contributed by atoms with Gasteiger partial charge < -0.3 is 16.0 Å². The van der Waals surface area contributed by atoms with Gasteiger partial charge in [0.05, 0.1) is 17.9 Å². The van der Waals surface area contributed by atoms with E-state index in [9.17, 15) is 9.59 Å². The SMILES string of the molecule is Cc1cc(Nc2nccc(N3C[C@@H]4CC[C@H](C3=C=O)N4C3CC3)n2)cnc1C(N)=O. The molecule has 2 aromatic heterocycles. The molecule has 3 fully saturated rings. The molecule has 30 heavy (non-hydrogen) atoms. The second-order valence-corrected chi connectivity index (χ2v) is 8.14. The summed E-state index contributed by atoms with van der Waals surface area (Å²) in [7, 11) is 0. The van der Waals surface area contributed by atoms with E-state index in [0.29, 0.717) is 40.8 Å². The van der Waals surface area contributed by atoms with E-state index < -0.39 is 5.91 Å². The second kappa shape index (κ2) is 7.19. The number of aromatic nitrogens is 3. The van der Waals surface area contributed by atoms with Crippen molar-refractivity contribution in [1.29, 1.82) is 0 Å². The summed E-state index contributed by atoms with van der Waals surface area (Å²) in [6, 6.07) is 4.78. The summed E-state index contributed by atoms with van der Waals surface area (Å²) in [5, 5.41) is 3.12. The Kier molecular flexibility index (Phi) is 4.49. The Labute approximate surface area is 174 Å². The molecule has 2 aromatic rings. The zero-order chi connectivity index (χ0) is 20.8. The zero-order valence-corrected chi connectivity index (χ0v) is 16.7. The lowest BCUT2D eigenvalue weighted by molar-refractivity contribution is 0.0995. The Morgan fingerprint density at radius 2 is 2.03 bits per heavy atom. The first-order valence-electron chi connectivity index (χ1n) is 10.2. The number of anilines is 3. The molecule has 1 saturated carbocycles. The zero-order valence-electron chi connectivity index (χ0n) is 16.7. The van der Waals surface area contributed by atoms with E-state index in [1.54, 1.807) is 19.2 Å². The van der Waals surface area contributed by atoms with Crippen molar-refractivity contribution < 1.29 is 9.59 Å². The van der Waals surface area contributed by atoms with Crippen molar-refractivity contribution in [3.05, 3.63) is 41.5 Å². The fraction of sp³-hybridized carbons (Fsp3) is 0.429. The van der Waals surface area contributed by atoms with Crippen molar-refractivity contribution in [2.75, 3.05) is 16.8 Å². The van der Waals surface area contributed by atoms with Crippen LogP contribution in [-0.2, 0) is 4.79 Å². The lowest BCUT2D eigenvalue weighted by Crippen LogP contribution is -2.53. The molecule has 0 aromatic carbocycles. The molecule has 3 aliphatic rings. The highest BCUT2D eigenvalue weighted by molar-refractivity contribution is 5.92. The summed E-state index contributed by atoms with van der Waals surface area (Å²) >= 11 is 0. The third-order valence-electron chi connectivity index (χ3n) is 6.11. The monoisotopic (exact) mass is 405 g/mol.